The number of ether oxygens (including phenoxy) is 1. The molecular formula is C22H27FN4O4. The number of benzene rings is 1. The highest BCUT2D eigenvalue weighted by molar-refractivity contribution is 5.82. The number of halogens is 1. The number of nitrogens with one attached hydrogen (secondary N) is 2. The Hall–Kier alpha value is -2.84. The van der Waals surface area contributed by atoms with Crippen LogP contribution in [0, 0.1) is 23.6 Å². The van der Waals surface area contributed by atoms with E-state index in [0.29, 0.717) is 36.8 Å². The highest BCUT2D eigenvalue weighted by Gasteiger charge is 2.57. The fourth-order valence-corrected chi connectivity index (χ4v) is 4.66. The highest BCUT2D eigenvalue weighted by Crippen LogP contribution is 2.47. The van der Waals surface area contributed by atoms with Gasteiger partial charge in [-0.3, -0.25) is 14.3 Å². The van der Waals surface area contributed by atoms with E-state index < -0.39 is 28.8 Å². The molecule has 0 radical (unpaired) electrons. The van der Waals surface area contributed by atoms with Gasteiger partial charge in [0.25, 0.3) is 5.56 Å². The summed E-state index contributed by atoms with van der Waals surface area (Å²) in [5.41, 5.74) is -0.704. The molecule has 1 unspecified atom stereocenters. The lowest BCUT2D eigenvalue weighted by Gasteiger charge is -2.24. The standard InChI is InChI=1S/C22H27FN4O4/c1-22(2,3)31-21(30)24-18-13-9-26(10-14(13)18)17-7-16-12(6-15(17)23)19(28)25-20(29)27(16)8-11-4-5-11/h6-7,11,13-14,18H,4-5,8-10H2,1-3H3,(H,24,30)(H,25,28,29)/t13-,14+,18?. The molecule has 3 aliphatic rings. The number of H-pyrrole nitrogens is 1. The Morgan fingerprint density at radius 1 is 1.23 bits per heavy atom. The van der Waals surface area contributed by atoms with Crippen LogP contribution < -0.4 is 21.5 Å². The van der Waals surface area contributed by atoms with E-state index in [2.05, 4.69) is 10.3 Å². The second-order valence-corrected chi connectivity index (χ2v) is 10.0. The number of alkyl carbamates (subject to hydrolysis) is 1. The SMILES string of the molecule is CC(C)(C)OC(=O)NC1[C@H]2CN(c3cc4c(cc3F)c(=O)[nH]c(=O)n4CC3CC3)C[C@@H]12. The molecule has 2 aliphatic carbocycles. The average Bonchev–Trinajstić information content (AvgIpc) is 3.54. The number of carbonyl (C=O) groups excluding carboxylic acids is 1. The predicted octanol–water partition coefficient (Wildman–Crippen LogP) is 2.20. The molecule has 0 spiro atoms. The molecule has 2 N–H and O–H groups in total. The monoisotopic (exact) mass is 430 g/mol. The summed E-state index contributed by atoms with van der Waals surface area (Å²) in [5.74, 6) is 0.415. The van der Waals surface area contributed by atoms with Gasteiger partial charge in [-0.1, -0.05) is 0 Å². The Morgan fingerprint density at radius 3 is 2.52 bits per heavy atom. The fraction of sp³-hybridized carbons (Fsp3) is 0.591. The summed E-state index contributed by atoms with van der Waals surface area (Å²) in [6.07, 6.45) is 1.68. The van der Waals surface area contributed by atoms with Gasteiger partial charge >= 0.3 is 11.8 Å². The Kier molecular flexibility index (Phi) is 4.43. The van der Waals surface area contributed by atoms with Crippen LogP contribution in [-0.2, 0) is 11.3 Å². The zero-order valence-electron chi connectivity index (χ0n) is 17.9. The summed E-state index contributed by atoms with van der Waals surface area (Å²) >= 11 is 0. The molecule has 1 aliphatic heterocycles. The van der Waals surface area contributed by atoms with Crippen molar-refractivity contribution in [2.24, 2.45) is 17.8 Å². The molecule has 1 aromatic carbocycles. The fourth-order valence-electron chi connectivity index (χ4n) is 4.66. The maximum Gasteiger partial charge on any atom is 0.407 e. The molecule has 9 heteroatoms. The van der Waals surface area contributed by atoms with Crippen molar-refractivity contribution in [3.63, 3.8) is 0 Å². The van der Waals surface area contributed by atoms with E-state index in [1.807, 2.05) is 25.7 Å². The van der Waals surface area contributed by atoms with Gasteiger partial charge in [0.05, 0.1) is 16.6 Å². The van der Waals surface area contributed by atoms with Crippen molar-refractivity contribution in [3.05, 3.63) is 38.8 Å². The normalized spacial score (nSPS) is 24.9. The molecule has 2 aromatic rings. The lowest BCUT2D eigenvalue weighted by Crippen LogP contribution is -2.38. The number of anilines is 1. The molecule has 31 heavy (non-hydrogen) atoms. The minimum Gasteiger partial charge on any atom is -0.444 e. The van der Waals surface area contributed by atoms with Crippen molar-refractivity contribution in [2.75, 3.05) is 18.0 Å². The van der Waals surface area contributed by atoms with Gasteiger partial charge in [-0.05, 0) is 51.7 Å². The van der Waals surface area contributed by atoms with Gasteiger partial charge in [-0.15, -0.1) is 0 Å². The van der Waals surface area contributed by atoms with Crippen LogP contribution in [0.25, 0.3) is 10.9 Å². The quantitative estimate of drug-likeness (QED) is 0.775. The molecule has 1 aromatic heterocycles. The second kappa shape index (κ2) is 6.83. The van der Waals surface area contributed by atoms with Crippen LogP contribution in [0.15, 0.2) is 21.7 Å². The number of fused-ring (bicyclic) bond motifs is 2. The number of nitrogens with zero attached hydrogens (tertiary/aromatic N) is 2. The van der Waals surface area contributed by atoms with Gasteiger partial charge in [0.15, 0.2) is 0 Å². The first-order valence-electron chi connectivity index (χ1n) is 10.8. The van der Waals surface area contributed by atoms with E-state index in [1.54, 1.807) is 10.6 Å². The smallest absolute Gasteiger partial charge is 0.407 e. The number of rotatable bonds is 4. The number of piperidine rings is 1. The van der Waals surface area contributed by atoms with Crippen LogP contribution in [0.5, 0.6) is 0 Å². The summed E-state index contributed by atoms with van der Waals surface area (Å²) in [6, 6.07) is 2.89. The van der Waals surface area contributed by atoms with Crippen molar-refractivity contribution < 1.29 is 13.9 Å². The number of hydrogen-bond donors (Lipinski definition) is 2. The molecular weight excluding hydrogens is 403 g/mol. The average molecular weight is 430 g/mol. The van der Waals surface area contributed by atoms with E-state index in [-0.39, 0.29) is 23.3 Å². The molecule has 0 bridgehead atoms. The molecule has 3 atom stereocenters. The number of aromatic nitrogens is 2. The van der Waals surface area contributed by atoms with Crippen LogP contribution in [0.2, 0.25) is 0 Å². The number of carbonyl (C=O) groups is 1. The number of amides is 1. The van der Waals surface area contributed by atoms with Gasteiger partial charge in [-0.2, -0.15) is 0 Å². The van der Waals surface area contributed by atoms with Crippen molar-refractivity contribution in [1.29, 1.82) is 0 Å². The van der Waals surface area contributed by atoms with Gasteiger partial charge in [0.2, 0.25) is 0 Å². The molecule has 2 heterocycles. The first-order valence-corrected chi connectivity index (χ1v) is 10.8. The maximum absolute atomic E-state index is 14.9. The van der Waals surface area contributed by atoms with Crippen LogP contribution in [0.1, 0.15) is 33.6 Å². The maximum atomic E-state index is 14.9. The Balaban J connectivity index is 1.36. The summed E-state index contributed by atoms with van der Waals surface area (Å²) in [7, 11) is 0. The van der Waals surface area contributed by atoms with Crippen molar-refractivity contribution >= 4 is 22.7 Å². The van der Waals surface area contributed by atoms with Gasteiger partial charge in [0.1, 0.15) is 11.4 Å². The van der Waals surface area contributed by atoms with Gasteiger partial charge in [0, 0.05) is 37.5 Å². The van der Waals surface area contributed by atoms with Crippen molar-refractivity contribution in [2.45, 2.75) is 51.8 Å². The van der Waals surface area contributed by atoms with E-state index in [0.717, 1.165) is 12.8 Å². The minimum atomic E-state index is -0.566. The first kappa shape index (κ1) is 20.1. The summed E-state index contributed by atoms with van der Waals surface area (Å²) in [5, 5.41) is 3.10. The van der Waals surface area contributed by atoms with E-state index in [4.69, 9.17) is 4.74 Å². The summed E-state index contributed by atoms with van der Waals surface area (Å²) in [4.78, 5) is 40.9. The third-order valence-corrected chi connectivity index (χ3v) is 6.42. The highest BCUT2D eigenvalue weighted by atomic mass is 19.1. The van der Waals surface area contributed by atoms with Crippen molar-refractivity contribution in [1.82, 2.24) is 14.9 Å². The Labute approximate surface area is 178 Å². The number of hydrogen-bond acceptors (Lipinski definition) is 5. The molecule has 166 valence electrons. The molecule has 1 saturated heterocycles. The largest absolute Gasteiger partial charge is 0.444 e. The minimum absolute atomic E-state index is 0.0329. The van der Waals surface area contributed by atoms with Gasteiger partial charge < -0.3 is 15.0 Å². The lowest BCUT2D eigenvalue weighted by molar-refractivity contribution is 0.0518. The summed E-state index contributed by atoms with van der Waals surface area (Å²) in [6.45, 7) is 7.19. The van der Waals surface area contributed by atoms with Crippen LogP contribution in [0.3, 0.4) is 0 Å². The molecule has 8 nitrogen and oxygen atoms in total. The lowest BCUT2D eigenvalue weighted by atomic mass is 10.1. The first-order chi connectivity index (χ1) is 14.6. The van der Waals surface area contributed by atoms with Crippen molar-refractivity contribution in [3.8, 4) is 0 Å². The van der Waals surface area contributed by atoms with Crippen LogP contribution in [-0.4, -0.2) is 40.4 Å². The molecule has 2 saturated carbocycles. The van der Waals surface area contributed by atoms with E-state index in [1.165, 1.54) is 6.07 Å². The van der Waals surface area contributed by atoms with E-state index in [9.17, 15) is 18.8 Å². The third kappa shape index (κ3) is 3.81. The number of aromatic amines is 1. The Morgan fingerprint density at radius 2 is 1.90 bits per heavy atom. The van der Waals surface area contributed by atoms with Crippen LogP contribution in [0.4, 0.5) is 14.9 Å². The Bertz CT molecular complexity index is 1160. The second-order valence-electron chi connectivity index (χ2n) is 10.0. The molecule has 5 rings (SSSR count). The topological polar surface area (TPSA) is 96.4 Å². The zero-order valence-corrected chi connectivity index (χ0v) is 17.9. The van der Waals surface area contributed by atoms with E-state index >= 15 is 0 Å². The van der Waals surface area contributed by atoms with Crippen LogP contribution >= 0.6 is 0 Å². The summed E-state index contributed by atoms with van der Waals surface area (Å²) < 4.78 is 21.8. The molecule has 3 fully saturated rings. The zero-order chi connectivity index (χ0) is 22.1. The third-order valence-electron chi connectivity index (χ3n) is 6.42. The molecule has 1 amide bonds. The predicted molar refractivity (Wildman–Crippen MR) is 114 cm³/mol. The van der Waals surface area contributed by atoms with Gasteiger partial charge in [-0.25, -0.2) is 14.0 Å².